The van der Waals surface area contributed by atoms with E-state index in [-0.39, 0.29) is 11.3 Å². The number of carbonyl (C=O) groups is 1. The number of ether oxygens (including phenoxy) is 2. The molecule has 0 unspecified atom stereocenters. The largest absolute Gasteiger partial charge is 0.494 e. The van der Waals surface area contributed by atoms with Gasteiger partial charge < -0.3 is 19.3 Å². The van der Waals surface area contributed by atoms with Gasteiger partial charge in [-0.25, -0.2) is 9.98 Å². The number of nitrogens with zero attached hydrogens (tertiary/aromatic N) is 9. The van der Waals surface area contributed by atoms with E-state index in [2.05, 4.69) is 64.3 Å². The van der Waals surface area contributed by atoms with Crippen LogP contribution in [0.3, 0.4) is 0 Å². The van der Waals surface area contributed by atoms with E-state index in [4.69, 9.17) is 9.47 Å². The molecule has 0 N–H and O–H groups in total. The van der Waals surface area contributed by atoms with Crippen molar-refractivity contribution in [1.82, 2.24) is 35.0 Å². The van der Waals surface area contributed by atoms with E-state index in [0.29, 0.717) is 78.9 Å². The first-order valence-corrected chi connectivity index (χ1v) is 11.6. The van der Waals surface area contributed by atoms with Crippen LogP contribution in [0.5, 0.6) is 5.75 Å². The average molecular weight is 494 g/mol. The van der Waals surface area contributed by atoms with Gasteiger partial charge in [-0.2, -0.15) is 9.79 Å². The van der Waals surface area contributed by atoms with Crippen molar-refractivity contribution in [3.05, 3.63) is 42.4 Å². The van der Waals surface area contributed by atoms with Crippen LogP contribution in [-0.4, -0.2) is 86.0 Å². The zero-order valence-electron chi connectivity index (χ0n) is 21.4. The first-order chi connectivity index (χ1) is 17.0. The molecule has 0 bridgehead atoms. The maximum Gasteiger partial charge on any atom is 0.300 e. The predicted octanol–water partition coefficient (Wildman–Crippen LogP) is 2.38. The Bertz CT molecular complexity index is 1250. The summed E-state index contributed by atoms with van der Waals surface area (Å²) in [6, 6.07) is 2.10. The number of allylic oxidation sites excluding steroid dienone is 1. The van der Waals surface area contributed by atoms with Gasteiger partial charge in [-0.15, -0.1) is 10.2 Å². The van der Waals surface area contributed by atoms with Crippen molar-refractivity contribution in [3.8, 4) is 17.3 Å². The van der Waals surface area contributed by atoms with Crippen molar-refractivity contribution in [2.24, 2.45) is 15.4 Å². The molecule has 2 aromatic heterocycles. The summed E-state index contributed by atoms with van der Waals surface area (Å²) in [6.07, 6.45) is 1.52. The van der Waals surface area contributed by atoms with E-state index < -0.39 is 0 Å². The normalized spacial score (nSPS) is 17.3. The van der Waals surface area contributed by atoms with E-state index in [9.17, 15) is 4.79 Å². The van der Waals surface area contributed by atoms with Crippen molar-refractivity contribution in [1.29, 1.82) is 0 Å². The van der Waals surface area contributed by atoms with Crippen LogP contribution in [0.15, 0.2) is 46.9 Å². The second-order valence-electron chi connectivity index (χ2n) is 9.85. The molecule has 2 aliphatic rings. The number of hydrogen-bond donors (Lipinski definition) is 0. The number of aliphatic imine (C=N–C) groups is 2. The van der Waals surface area contributed by atoms with Gasteiger partial charge in [0, 0.05) is 38.1 Å². The summed E-state index contributed by atoms with van der Waals surface area (Å²) in [7, 11) is 1.52. The molecule has 0 saturated carbocycles. The summed E-state index contributed by atoms with van der Waals surface area (Å²) in [5.74, 6) is 1.42. The topological polar surface area (TPSA) is 123 Å². The number of hydrogen-bond acceptors (Lipinski definition) is 9. The lowest BCUT2D eigenvalue weighted by molar-refractivity contribution is 0.0678. The zero-order chi connectivity index (χ0) is 26.0. The monoisotopic (exact) mass is 493 g/mol. The van der Waals surface area contributed by atoms with E-state index >= 15 is 0 Å². The van der Waals surface area contributed by atoms with Crippen molar-refractivity contribution in [3.63, 3.8) is 0 Å². The van der Waals surface area contributed by atoms with Crippen LogP contribution in [0.2, 0.25) is 0 Å². The molecule has 36 heavy (non-hydrogen) atoms. The third-order valence-electron chi connectivity index (χ3n) is 5.40. The van der Waals surface area contributed by atoms with Crippen LogP contribution in [0.1, 0.15) is 38.1 Å². The zero-order valence-corrected chi connectivity index (χ0v) is 21.4. The Kier molecular flexibility index (Phi) is 6.86. The fourth-order valence-electron chi connectivity index (χ4n) is 3.73. The van der Waals surface area contributed by atoms with Crippen molar-refractivity contribution in [2.45, 2.75) is 34.2 Å². The minimum absolute atomic E-state index is 0.000751. The minimum atomic E-state index is -0.139. The van der Waals surface area contributed by atoms with Crippen LogP contribution in [0.25, 0.3) is 11.5 Å². The predicted molar refractivity (Wildman–Crippen MR) is 134 cm³/mol. The molecule has 2 aliphatic heterocycles. The number of carbonyl (C=O) groups excluding carboxylic acids is 1. The molecule has 4 heterocycles. The molecule has 190 valence electrons. The molecule has 0 atom stereocenters. The summed E-state index contributed by atoms with van der Waals surface area (Å²) in [5, 5.41) is 12.6. The smallest absolute Gasteiger partial charge is 0.300 e. The van der Waals surface area contributed by atoms with Gasteiger partial charge in [0.25, 0.3) is 11.9 Å². The minimum Gasteiger partial charge on any atom is -0.494 e. The third kappa shape index (κ3) is 5.58. The molecule has 2 aromatic rings. The Hall–Kier alpha value is -4.09. The fraction of sp³-hybridized carbons (Fsp3) is 0.458. The molecule has 1 saturated heterocycles. The first-order valence-electron chi connectivity index (χ1n) is 11.6. The molecule has 12 heteroatoms. The molecule has 1 fully saturated rings. The van der Waals surface area contributed by atoms with Gasteiger partial charge in [-0.1, -0.05) is 33.9 Å². The molecule has 0 aliphatic carbocycles. The second-order valence-corrected chi connectivity index (χ2v) is 9.85. The van der Waals surface area contributed by atoms with Crippen molar-refractivity contribution in [2.75, 3.05) is 33.3 Å². The molecule has 12 nitrogen and oxygen atoms in total. The van der Waals surface area contributed by atoms with Gasteiger partial charge in [-0.05, 0) is 23.6 Å². The Labute approximate surface area is 210 Å². The molecule has 1 amide bonds. The van der Waals surface area contributed by atoms with E-state index in [1.807, 2.05) is 4.90 Å². The standard InChI is InChI=1S/C24H31N9O3/c1-15(2)26-20-16(3)36-23(27-20)32-10-8-31(9-11-32)22(34)17-12-18(35-7)19(25-13-17)21-28-30-33(29-21)14-24(4,5)6/h12-13H,1,3,8-11,14H2,2,4-7H3. The van der Waals surface area contributed by atoms with E-state index in [1.54, 1.807) is 17.9 Å². The molecular weight excluding hydrogens is 462 g/mol. The summed E-state index contributed by atoms with van der Waals surface area (Å²) in [6.45, 7) is 18.4. The van der Waals surface area contributed by atoms with Crippen LogP contribution in [-0.2, 0) is 11.3 Å². The van der Waals surface area contributed by atoms with Gasteiger partial charge in [-0.3, -0.25) is 4.79 Å². The van der Waals surface area contributed by atoms with Crippen molar-refractivity contribution >= 4 is 17.8 Å². The highest BCUT2D eigenvalue weighted by atomic mass is 16.5. The maximum atomic E-state index is 13.2. The Morgan fingerprint density at radius 3 is 2.61 bits per heavy atom. The van der Waals surface area contributed by atoms with E-state index in [0.717, 1.165) is 0 Å². The highest BCUT2D eigenvalue weighted by Crippen LogP contribution is 2.27. The number of methoxy groups -OCH3 is 1. The molecular formula is C24H31N9O3. The lowest BCUT2D eigenvalue weighted by Crippen LogP contribution is -2.50. The SMILES string of the molecule is C=C(C)N=C1N=C(N2CCN(C(=O)c3cnc(-c4nnn(CC(C)(C)C)n4)c(OC)c3)CC2)OC1=C. The van der Waals surface area contributed by atoms with Crippen LogP contribution < -0.4 is 4.74 Å². The number of rotatable bonds is 5. The molecule has 0 radical (unpaired) electrons. The molecule has 0 spiro atoms. The summed E-state index contributed by atoms with van der Waals surface area (Å²) in [4.78, 5) is 31.5. The molecule has 0 aromatic carbocycles. The van der Waals surface area contributed by atoms with Gasteiger partial charge in [0.2, 0.25) is 5.82 Å². The van der Waals surface area contributed by atoms with E-state index in [1.165, 1.54) is 18.1 Å². The maximum absolute atomic E-state index is 13.2. The Balaban J connectivity index is 1.43. The first kappa shape index (κ1) is 25.0. The highest BCUT2D eigenvalue weighted by molar-refractivity contribution is 6.09. The molecule has 4 rings (SSSR count). The number of amidine groups is 2. The summed E-state index contributed by atoms with van der Waals surface area (Å²) in [5.41, 5.74) is 1.48. The fourth-order valence-corrected chi connectivity index (χ4v) is 3.73. The number of piperazine rings is 1. The van der Waals surface area contributed by atoms with Gasteiger partial charge in [0.1, 0.15) is 5.75 Å². The van der Waals surface area contributed by atoms with Crippen LogP contribution >= 0.6 is 0 Å². The van der Waals surface area contributed by atoms with Crippen LogP contribution in [0.4, 0.5) is 0 Å². The summed E-state index contributed by atoms with van der Waals surface area (Å²) < 4.78 is 11.2. The number of pyridine rings is 1. The lowest BCUT2D eigenvalue weighted by atomic mass is 9.97. The number of amides is 1. The average Bonchev–Trinajstić information content (AvgIpc) is 3.43. The van der Waals surface area contributed by atoms with Crippen molar-refractivity contribution < 1.29 is 14.3 Å². The number of tetrazole rings is 1. The van der Waals surface area contributed by atoms with Gasteiger partial charge in [0.05, 0.1) is 19.2 Å². The highest BCUT2D eigenvalue weighted by Gasteiger charge is 2.30. The summed E-state index contributed by atoms with van der Waals surface area (Å²) >= 11 is 0. The Morgan fingerprint density at radius 1 is 1.25 bits per heavy atom. The Morgan fingerprint density at radius 2 is 1.97 bits per heavy atom. The quantitative estimate of drug-likeness (QED) is 0.622. The van der Waals surface area contributed by atoms with Gasteiger partial charge >= 0.3 is 0 Å². The third-order valence-corrected chi connectivity index (χ3v) is 5.40. The van der Waals surface area contributed by atoms with Gasteiger partial charge in [0.15, 0.2) is 17.3 Å². The number of aromatic nitrogens is 5. The second kappa shape index (κ2) is 9.88. The lowest BCUT2D eigenvalue weighted by Gasteiger charge is -2.34. The van der Waals surface area contributed by atoms with Crippen LogP contribution in [0, 0.1) is 5.41 Å².